The van der Waals surface area contributed by atoms with Crippen LogP contribution in [0, 0.1) is 0 Å². The lowest BCUT2D eigenvalue weighted by molar-refractivity contribution is 0.281. The summed E-state index contributed by atoms with van der Waals surface area (Å²) in [7, 11) is 0. The molecule has 0 amide bonds. The molecule has 1 aromatic heterocycles. The first kappa shape index (κ1) is 13.0. The van der Waals surface area contributed by atoms with Gasteiger partial charge >= 0.3 is 12.0 Å². The van der Waals surface area contributed by atoms with Crippen molar-refractivity contribution in [2.75, 3.05) is 12.3 Å². The van der Waals surface area contributed by atoms with Crippen LogP contribution in [-0.2, 0) is 6.61 Å². The van der Waals surface area contributed by atoms with Crippen LogP contribution in [0.3, 0.4) is 0 Å². The maximum atomic E-state index is 8.94. The maximum Gasteiger partial charge on any atom is 0.330 e. The average molecular weight is 262 g/mol. The quantitative estimate of drug-likeness (QED) is 0.832. The first-order valence-electron chi connectivity index (χ1n) is 5.73. The molecular weight excluding hydrogens is 248 g/mol. The Morgan fingerprint density at radius 3 is 2.42 bits per heavy atom. The predicted octanol–water partition coefficient (Wildman–Crippen LogP) is 1.14. The molecule has 2 aromatic rings. The van der Waals surface area contributed by atoms with Crippen LogP contribution in [0.25, 0.3) is 0 Å². The van der Waals surface area contributed by atoms with Crippen LogP contribution in [0.4, 0.5) is 5.95 Å². The number of hydrogen-bond donors (Lipinski definition) is 2. The highest BCUT2D eigenvalue weighted by Gasteiger charge is 2.07. The molecule has 0 unspecified atom stereocenters. The zero-order valence-electron chi connectivity index (χ0n) is 10.4. The molecule has 0 radical (unpaired) electrons. The highest BCUT2D eigenvalue weighted by molar-refractivity contribution is 5.30. The van der Waals surface area contributed by atoms with Crippen LogP contribution in [0.5, 0.6) is 17.8 Å². The molecular formula is C12H14N4O3. The van der Waals surface area contributed by atoms with Crippen molar-refractivity contribution in [3.63, 3.8) is 0 Å². The number of hydrogen-bond acceptors (Lipinski definition) is 7. The molecule has 1 aromatic carbocycles. The smallest absolute Gasteiger partial charge is 0.330 e. The Labute approximate surface area is 110 Å². The lowest BCUT2D eigenvalue weighted by Crippen LogP contribution is -2.04. The van der Waals surface area contributed by atoms with E-state index in [1.165, 1.54) is 0 Å². The van der Waals surface area contributed by atoms with Gasteiger partial charge in [-0.2, -0.15) is 9.97 Å². The molecule has 0 fully saturated rings. The Balaban J connectivity index is 2.17. The van der Waals surface area contributed by atoms with E-state index in [9.17, 15) is 0 Å². The zero-order valence-corrected chi connectivity index (χ0v) is 10.4. The van der Waals surface area contributed by atoms with Gasteiger partial charge < -0.3 is 20.3 Å². The van der Waals surface area contributed by atoms with E-state index in [4.69, 9.17) is 20.3 Å². The Hall–Kier alpha value is -2.41. The summed E-state index contributed by atoms with van der Waals surface area (Å²) >= 11 is 0. The highest BCUT2D eigenvalue weighted by atomic mass is 16.5. The van der Waals surface area contributed by atoms with Crippen LogP contribution >= 0.6 is 0 Å². The fraction of sp³-hybridized carbons (Fsp3) is 0.250. The van der Waals surface area contributed by atoms with Gasteiger partial charge in [0.1, 0.15) is 5.75 Å². The van der Waals surface area contributed by atoms with E-state index in [0.717, 1.165) is 5.56 Å². The number of benzene rings is 1. The van der Waals surface area contributed by atoms with E-state index in [1.54, 1.807) is 24.3 Å². The van der Waals surface area contributed by atoms with Crippen molar-refractivity contribution in [3.05, 3.63) is 29.8 Å². The Kier molecular flexibility index (Phi) is 4.09. The number of anilines is 1. The molecule has 2 rings (SSSR count). The van der Waals surface area contributed by atoms with Gasteiger partial charge in [0.25, 0.3) is 0 Å². The minimum atomic E-state index is -0.0204. The van der Waals surface area contributed by atoms with E-state index in [2.05, 4.69) is 15.0 Å². The molecule has 0 spiro atoms. The molecule has 0 aliphatic rings. The molecule has 0 saturated heterocycles. The predicted molar refractivity (Wildman–Crippen MR) is 67.8 cm³/mol. The molecule has 1 heterocycles. The van der Waals surface area contributed by atoms with E-state index in [1.807, 2.05) is 6.92 Å². The summed E-state index contributed by atoms with van der Waals surface area (Å²) in [4.78, 5) is 11.6. The van der Waals surface area contributed by atoms with Crippen LogP contribution < -0.4 is 15.2 Å². The fourth-order valence-electron chi connectivity index (χ4n) is 1.36. The van der Waals surface area contributed by atoms with Crippen molar-refractivity contribution in [3.8, 4) is 17.8 Å². The number of aliphatic hydroxyl groups is 1. The van der Waals surface area contributed by atoms with Gasteiger partial charge in [0.15, 0.2) is 0 Å². The van der Waals surface area contributed by atoms with Gasteiger partial charge in [0, 0.05) is 0 Å². The fourth-order valence-corrected chi connectivity index (χ4v) is 1.36. The lowest BCUT2D eigenvalue weighted by atomic mass is 10.2. The summed E-state index contributed by atoms with van der Waals surface area (Å²) in [6, 6.07) is 7.06. The zero-order chi connectivity index (χ0) is 13.7. The lowest BCUT2D eigenvalue weighted by Gasteiger charge is -2.06. The molecule has 0 atom stereocenters. The molecule has 19 heavy (non-hydrogen) atoms. The minimum absolute atomic E-state index is 0.0204. The molecule has 0 aliphatic heterocycles. The number of aromatic nitrogens is 3. The summed E-state index contributed by atoms with van der Waals surface area (Å²) < 4.78 is 10.6. The monoisotopic (exact) mass is 262 g/mol. The molecule has 0 saturated carbocycles. The third-order valence-corrected chi connectivity index (χ3v) is 2.20. The topological polar surface area (TPSA) is 103 Å². The van der Waals surface area contributed by atoms with Gasteiger partial charge in [-0.25, -0.2) is 0 Å². The molecule has 7 heteroatoms. The SMILES string of the molecule is CCOc1nc(N)nc(Oc2ccc(CO)cc2)n1. The van der Waals surface area contributed by atoms with Gasteiger partial charge in [-0.1, -0.05) is 12.1 Å². The van der Waals surface area contributed by atoms with E-state index < -0.39 is 0 Å². The molecule has 0 bridgehead atoms. The van der Waals surface area contributed by atoms with E-state index in [-0.39, 0.29) is 24.6 Å². The summed E-state index contributed by atoms with van der Waals surface area (Å²) in [6.07, 6.45) is 0. The second-order valence-corrected chi connectivity index (χ2v) is 3.60. The maximum absolute atomic E-state index is 8.94. The van der Waals surface area contributed by atoms with Crippen molar-refractivity contribution in [1.82, 2.24) is 15.0 Å². The van der Waals surface area contributed by atoms with Gasteiger partial charge in [0.2, 0.25) is 5.95 Å². The third kappa shape index (κ3) is 3.52. The summed E-state index contributed by atoms with van der Waals surface area (Å²) in [6.45, 7) is 2.22. The number of aliphatic hydroxyl groups excluding tert-OH is 1. The molecule has 7 nitrogen and oxygen atoms in total. The van der Waals surface area contributed by atoms with Crippen LogP contribution in [-0.4, -0.2) is 26.7 Å². The van der Waals surface area contributed by atoms with Crippen LogP contribution in [0.15, 0.2) is 24.3 Å². The van der Waals surface area contributed by atoms with Crippen molar-refractivity contribution >= 4 is 5.95 Å². The van der Waals surface area contributed by atoms with Crippen molar-refractivity contribution in [2.45, 2.75) is 13.5 Å². The summed E-state index contributed by atoms with van der Waals surface area (Å²) in [5.74, 6) is 0.561. The first-order valence-corrected chi connectivity index (χ1v) is 5.73. The second kappa shape index (κ2) is 5.96. The van der Waals surface area contributed by atoms with E-state index >= 15 is 0 Å². The van der Waals surface area contributed by atoms with Crippen LogP contribution in [0.1, 0.15) is 12.5 Å². The van der Waals surface area contributed by atoms with Gasteiger partial charge in [-0.15, -0.1) is 4.98 Å². The number of rotatable bonds is 5. The van der Waals surface area contributed by atoms with Gasteiger partial charge in [0.05, 0.1) is 13.2 Å². The average Bonchev–Trinajstić information content (AvgIpc) is 2.39. The standard InChI is InChI=1S/C12H14N4O3/c1-2-18-11-14-10(13)15-12(16-11)19-9-5-3-8(7-17)4-6-9/h3-6,17H,2,7H2,1H3,(H2,13,14,15,16). The Morgan fingerprint density at radius 2 is 1.79 bits per heavy atom. The normalized spacial score (nSPS) is 10.2. The van der Waals surface area contributed by atoms with Crippen molar-refractivity contribution in [1.29, 1.82) is 0 Å². The second-order valence-electron chi connectivity index (χ2n) is 3.60. The summed E-state index contributed by atoms with van der Waals surface area (Å²) in [5.41, 5.74) is 6.32. The number of nitrogens with zero attached hydrogens (tertiary/aromatic N) is 3. The largest absolute Gasteiger partial charge is 0.464 e. The van der Waals surface area contributed by atoms with Gasteiger partial charge in [-0.3, -0.25) is 0 Å². The Bertz CT molecular complexity index is 545. The van der Waals surface area contributed by atoms with Crippen LogP contribution in [0.2, 0.25) is 0 Å². The Morgan fingerprint density at radius 1 is 1.11 bits per heavy atom. The third-order valence-electron chi connectivity index (χ3n) is 2.20. The number of nitrogens with two attached hydrogens (primary N) is 1. The van der Waals surface area contributed by atoms with E-state index in [0.29, 0.717) is 12.4 Å². The number of ether oxygens (including phenoxy) is 2. The minimum Gasteiger partial charge on any atom is -0.464 e. The van der Waals surface area contributed by atoms with Crippen molar-refractivity contribution < 1.29 is 14.6 Å². The highest BCUT2D eigenvalue weighted by Crippen LogP contribution is 2.20. The summed E-state index contributed by atoms with van der Waals surface area (Å²) in [5, 5.41) is 8.94. The molecule has 3 N–H and O–H groups in total. The van der Waals surface area contributed by atoms with Gasteiger partial charge in [-0.05, 0) is 24.6 Å². The van der Waals surface area contributed by atoms with Crippen molar-refractivity contribution in [2.24, 2.45) is 0 Å². The molecule has 0 aliphatic carbocycles. The number of nitrogen functional groups attached to an aromatic ring is 1. The molecule has 100 valence electrons. The first-order chi connectivity index (χ1) is 9.21.